The second-order valence-corrected chi connectivity index (χ2v) is 7.07. The molecule has 0 bridgehead atoms. The van der Waals surface area contributed by atoms with Crippen LogP contribution < -0.4 is 4.90 Å². The Hall–Kier alpha value is -3.23. The van der Waals surface area contributed by atoms with Crippen molar-refractivity contribution in [2.24, 2.45) is 0 Å². The second kappa shape index (κ2) is 8.85. The summed E-state index contributed by atoms with van der Waals surface area (Å²) in [5, 5.41) is 0. The number of imide groups is 1. The molecule has 29 heavy (non-hydrogen) atoms. The van der Waals surface area contributed by atoms with E-state index in [9.17, 15) is 24.0 Å². The van der Waals surface area contributed by atoms with Gasteiger partial charge in [-0.1, -0.05) is 12.1 Å². The van der Waals surface area contributed by atoms with Gasteiger partial charge in [-0.25, -0.2) is 4.79 Å². The number of anilines is 1. The molecule has 0 saturated carbocycles. The molecule has 9 heteroatoms. The molecular weight excluding hydrogens is 378 g/mol. The van der Waals surface area contributed by atoms with E-state index in [0.717, 1.165) is 11.3 Å². The SMILES string of the molecule is CN1CC(=O)N(CCCC(=O)OCC(=O)c2cccc(N3CCCC3=O)c2)C1=O. The predicted octanol–water partition coefficient (Wildman–Crippen LogP) is 1.21. The maximum atomic E-state index is 12.3. The molecule has 2 aliphatic rings. The number of carbonyl (C=O) groups excluding carboxylic acids is 5. The van der Waals surface area contributed by atoms with Crippen LogP contribution in [0.25, 0.3) is 0 Å². The van der Waals surface area contributed by atoms with Crippen molar-refractivity contribution in [2.75, 3.05) is 38.2 Å². The maximum absolute atomic E-state index is 12.3. The Morgan fingerprint density at radius 2 is 1.93 bits per heavy atom. The van der Waals surface area contributed by atoms with Gasteiger partial charge >= 0.3 is 12.0 Å². The van der Waals surface area contributed by atoms with Crippen molar-refractivity contribution in [3.05, 3.63) is 29.8 Å². The third-order valence-electron chi connectivity index (χ3n) is 4.91. The fraction of sp³-hybridized carbons (Fsp3) is 0.450. The van der Waals surface area contributed by atoms with Crippen LogP contribution in [0.1, 0.15) is 36.0 Å². The number of Topliss-reactive ketones (excluding diaryl/α,β-unsaturated/α-hetero) is 1. The lowest BCUT2D eigenvalue weighted by molar-refractivity contribution is -0.143. The van der Waals surface area contributed by atoms with Crippen LogP contribution in [0.15, 0.2) is 24.3 Å². The molecule has 154 valence electrons. The lowest BCUT2D eigenvalue weighted by atomic mass is 10.1. The van der Waals surface area contributed by atoms with E-state index in [4.69, 9.17) is 4.74 Å². The van der Waals surface area contributed by atoms with E-state index in [0.29, 0.717) is 24.2 Å². The number of rotatable bonds is 8. The molecule has 2 fully saturated rings. The van der Waals surface area contributed by atoms with E-state index in [1.807, 2.05) is 0 Å². The Morgan fingerprint density at radius 1 is 1.14 bits per heavy atom. The number of hydrogen-bond acceptors (Lipinski definition) is 6. The van der Waals surface area contributed by atoms with Gasteiger partial charge in [0.2, 0.25) is 11.8 Å². The van der Waals surface area contributed by atoms with E-state index >= 15 is 0 Å². The molecule has 2 saturated heterocycles. The minimum absolute atomic E-state index is 0.00360. The molecule has 0 radical (unpaired) electrons. The third kappa shape index (κ3) is 4.79. The van der Waals surface area contributed by atoms with E-state index in [2.05, 4.69) is 0 Å². The molecule has 0 atom stereocenters. The zero-order valence-electron chi connectivity index (χ0n) is 16.3. The average molecular weight is 401 g/mol. The second-order valence-electron chi connectivity index (χ2n) is 7.07. The van der Waals surface area contributed by atoms with Crippen LogP contribution in [0.4, 0.5) is 10.5 Å². The van der Waals surface area contributed by atoms with Crippen molar-refractivity contribution in [3.8, 4) is 0 Å². The van der Waals surface area contributed by atoms with Crippen LogP contribution in [-0.4, -0.2) is 72.7 Å². The summed E-state index contributed by atoms with van der Waals surface area (Å²) in [6.45, 7) is 0.403. The summed E-state index contributed by atoms with van der Waals surface area (Å²) in [6, 6.07) is 6.32. The molecule has 1 aromatic carbocycles. The van der Waals surface area contributed by atoms with Gasteiger partial charge in [-0.15, -0.1) is 0 Å². The van der Waals surface area contributed by atoms with Crippen molar-refractivity contribution in [3.63, 3.8) is 0 Å². The summed E-state index contributed by atoms with van der Waals surface area (Å²) in [4.78, 5) is 63.5. The first-order valence-electron chi connectivity index (χ1n) is 9.51. The summed E-state index contributed by atoms with van der Waals surface area (Å²) in [7, 11) is 1.54. The summed E-state index contributed by atoms with van der Waals surface area (Å²) in [5.41, 5.74) is 1.03. The molecule has 0 aromatic heterocycles. The Balaban J connectivity index is 1.44. The van der Waals surface area contributed by atoms with E-state index < -0.39 is 12.6 Å². The molecule has 0 spiro atoms. The molecule has 0 N–H and O–H groups in total. The van der Waals surface area contributed by atoms with Gasteiger partial charge in [0.25, 0.3) is 0 Å². The lowest BCUT2D eigenvalue weighted by Gasteiger charge is -2.16. The zero-order valence-corrected chi connectivity index (χ0v) is 16.3. The summed E-state index contributed by atoms with van der Waals surface area (Å²) in [6.07, 6.45) is 1.56. The first kappa shape index (κ1) is 20.5. The lowest BCUT2D eigenvalue weighted by Crippen LogP contribution is -2.32. The monoisotopic (exact) mass is 401 g/mol. The van der Waals surface area contributed by atoms with E-state index in [-0.39, 0.29) is 49.6 Å². The molecule has 1 aromatic rings. The number of carbonyl (C=O) groups is 5. The average Bonchev–Trinajstić information content (AvgIpc) is 3.24. The predicted molar refractivity (Wildman–Crippen MR) is 102 cm³/mol. The van der Waals surface area contributed by atoms with Gasteiger partial charge in [0.15, 0.2) is 12.4 Å². The topological polar surface area (TPSA) is 104 Å². The highest BCUT2D eigenvalue weighted by atomic mass is 16.5. The van der Waals surface area contributed by atoms with Gasteiger partial charge in [-0.2, -0.15) is 0 Å². The van der Waals surface area contributed by atoms with E-state index in [1.165, 1.54) is 11.9 Å². The van der Waals surface area contributed by atoms with Gasteiger partial charge < -0.3 is 14.5 Å². The standard InChI is InChI=1S/C20H23N3O6/c1-21-12-18(26)23(20(21)28)10-4-8-19(27)29-13-16(24)14-5-2-6-15(11-14)22-9-3-7-17(22)25/h2,5-6,11H,3-4,7-10,12-13H2,1H3. The van der Waals surface area contributed by atoms with Crippen molar-refractivity contribution >= 4 is 35.3 Å². The number of ether oxygens (including phenoxy) is 1. The molecule has 2 aliphatic heterocycles. The Kier molecular flexibility index (Phi) is 6.26. The Bertz CT molecular complexity index is 852. The fourth-order valence-corrected chi connectivity index (χ4v) is 3.34. The summed E-state index contributed by atoms with van der Waals surface area (Å²) < 4.78 is 5.02. The number of hydrogen-bond donors (Lipinski definition) is 0. The molecule has 0 aliphatic carbocycles. The molecule has 3 rings (SSSR count). The first-order chi connectivity index (χ1) is 13.9. The Morgan fingerprint density at radius 3 is 2.59 bits per heavy atom. The number of esters is 1. The number of urea groups is 1. The number of nitrogens with zero attached hydrogens (tertiary/aromatic N) is 3. The number of amides is 4. The highest BCUT2D eigenvalue weighted by Crippen LogP contribution is 2.22. The maximum Gasteiger partial charge on any atom is 0.326 e. The van der Waals surface area contributed by atoms with Crippen molar-refractivity contribution in [2.45, 2.75) is 25.7 Å². The summed E-state index contributed by atoms with van der Waals surface area (Å²) in [5.74, 6) is -1.20. The third-order valence-corrected chi connectivity index (χ3v) is 4.91. The van der Waals surface area contributed by atoms with Crippen LogP contribution in [0.5, 0.6) is 0 Å². The van der Waals surface area contributed by atoms with Gasteiger partial charge in [0.1, 0.15) is 6.54 Å². The highest BCUT2D eigenvalue weighted by molar-refractivity contribution is 6.02. The minimum atomic E-state index is -0.573. The van der Waals surface area contributed by atoms with Crippen LogP contribution in [0, 0.1) is 0 Å². The zero-order chi connectivity index (χ0) is 21.0. The smallest absolute Gasteiger partial charge is 0.326 e. The van der Waals surface area contributed by atoms with Crippen LogP contribution in [0.3, 0.4) is 0 Å². The van der Waals surface area contributed by atoms with Crippen LogP contribution in [-0.2, 0) is 19.1 Å². The first-order valence-corrected chi connectivity index (χ1v) is 9.51. The van der Waals surface area contributed by atoms with Crippen molar-refractivity contribution in [1.82, 2.24) is 9.80 Å². The molecule has 2 heterocycles. The van der Waals surface area contributed by atoms with Crippen molar-refractivity contribution in [1.29, 1.82) is 0 Å². The molecule has 9 nitrogen and oxygen atoms in total. The number of likely N-dealkylation sites (N-methyl/N-ethyl adjacent to an activating group) is 1. The highest BCUT2D eigenvalue weighted by Gasteiger charge is 2.33. The van der Waals surface area contributed by atoms with Crippen LogP contribution in [0.2, 0.25) is 0 Å². The van der Waals surface area contributed by atoms with Crippen molar-refractivity contribution < 1.29 is 28.7 Å². The number of benzene rings is 1. The molecular formula is C20H23N3O6. The molecule has 0 unspecified atom stereocenters. The Labute approximate surface area is 168 Å². The summed E-state index contributed by atoms with van der Waals surface area (Å²) >= 11 is 0. The van der Waals surface area contributed by atoms with Gasteiger partial charge in [-0.05, 0) is 25.0 Å². The largest absolute Gasteiger partial charge is 0.457 e. The van der Waals surface area contributed by atoms with Crippen LogP contribution >= 0.6 is 0 Å². The van der Waals surface area contributed by atoms with Gasteiger partial charge in [0, 0.05) is 44.2 Å². The fourth-order valence-electron chi connectivity index (χ4n) is 3.34. The van der Waals surface area contributed by atoms with Gasteiger partial charge in [-0.3, -0.25) is 24.1 Å². The molecule has 4 amide bonds. The number of ketones is 1. The minimum Gasteiger partial charge on any atom is -0.457 e. The quantitative estimate of drug-likeness (QED) is 0.368. The van der Waals surface area contributed by atoms with E-state index in [1.54, 1.807) is 29.2 Å². The van der Waals surface area contributed by atoms with Gasteiger partial charge in [0.05, 0.1) is 0 Å². The normalized spacial score (nSPS) is 16.7.